The van der Waals surface area contributed by atoms with E-state index in [1.54, 1.807) is 0 Å². The highest BCUT2D eigenvalue weighted by Crippen LogP contribution is 2.33. The van der Waals surface area contributed by atoms with Gasteiger partial charge in [0.2, 0.25) is 0 Å². The van der Waals surface area contributed by atoms with Gasteiger partial charge >= 0.3 is 0 Å². The predicted octanol–water partition coefficient (Wildman–Crippen LogP) is 3.53. The van der Waals surface area contributed by atoms with Crippen molar-refractivity contribution >= 4 is 33.1 Å². The normalized spacial score (nSPS) is 12.8. The Balaban J connectivity index is 2.40. The van der Waals surface area contributed by atoms with E-state index in [1.165, 1.54) is 11.3 Å². The summed E-state index contributed by atoms with van der Waals surface area (Å²) in [6.45, 7) is 8.22. The van der Waals surface area contributed by atoms with Crippen molar-refractivity contribution in [1.29, 1.82) is 0 Å². The highest BCUT2D eigenvalue weighted by molar-refractivity contribution is 7.21. The molecular weight excluding hydrogens is 270 g/mol. The minimum absolute atomic E-state index is 0.106. The van der Waals surface area contributed by atoms with Gasteiger partial charge in [-0.05, 0) is 31.4 Å². The number of aromatic nitrogens is 1. The summed E-state index contributed by atoms with van der Waals surface area (Å²) in [6, 6.07) is 4.09. The van der Waals surface area contributed by atoms with Gasteiger partial charge in [0.05, 0.1) is 5.69 Å². The molecule has 0 aliphatic rings. The summed E-state index contributed by atoms with van der Waals surface area (Å²) in [5.74, 6) is 0.256. The number of hydrogen-bond donors (Lipinski definition) is 2. The average molecular weight is 291 g/mol. The van der Waals surface area contributed by atoms with Gasteiger partial charge in [-0.25, -0.2) is 4.98 Å². The number of nitrogens with two attached hydrogens (primary N) is 1. The van der Waals surface area contributed by atoms with Crippen LogP contribution in [0, 0.1) is 0 Å². The van der Waals surface area contributed by atoms with E-state index in [1.807, 2.05) is 26.0 Å². The minimum Gasteiger partial charge on any atom is -0.397 e. The molecule has 1 unspecified atom stereocenters. The predicted molar refractivity (Wildman–Crippen MR) is 85.3 cm³/mol. The number of nitrogens with zero attached hydrogens (tertiary/aromatic N) is 1. The van der Waals surface area contributed by atoms with E-state index in [4.69, 9.17) is 5.73 Å². The van der Waals surface area contributed by atoms with Crippen molar-refractivity contribution in [3.63, 3.8) is 0 Å². The number of carbonyl (C=O) groups excluding carboxylic acids is 1. The highest BCUT2D eigenvalue weighted by Gasteiger charge is 2.18. The molecule has 2 rings (SSSR count). The molecule has 0 aromatic carbocycles. The fraction of sp³-hybridized carbons (Fsp3) is 0.467. The molecule has 0 radical (unpaired) electrons. The lowest BCUT2D eigenvalue weighted by Gasteiger charge is -2.10. The zero-order chi connectivity index (χ0) is 14.9. The topological polar surface area (TPSA) is 68.0 Å². The average Bonchev–Trinajstić information content (AvgIpc) is 2.75. The van der Waals surface area contributed by atoms with Crippen LogP contribution < -0.4 is 11.1 Å². The molecule has 0 aliphatic heterocycles. The number of rotatable bonds is 4. The summed E-state index contributed by atoms with van der Waals surface area (Å²) in [6.07, 6.45) is 0.895. The van der Waals surface area contributed by atoms with Crippen molar-refractivity contribution in [1.82, 2.24) is 10.3 Å². The Bertz CT molecular complexity index is 633. The van der Waals surface area contributed by atoms with Crippen LogP contribution in [0.25, 0.3) is 10.2 Å². The van der Waals surface area contributed by atoms with E-state index >= 15 is 0 Å². The summed E-state index contributed by atoms with van der Waals surface area (Å²) in [4.78, 5) is 18.2. The molecule has 2 aromatic rings. The number of pyridine rings is 1. The van der Waals surface area contributed by atoms with Gasteiger partial charge in [0.15, 0.2) is 0 Å². The van der Waals surface area contributed by atoms with E-state index in [-0.39, 0.29) is 11.9 Å². The molecule has 5 heteroatoms. The zero-order valence-corrected chi connectivity index (χ0v) is 13.2. The summed E-state index contributed by atoms with van der Waals surface area (Å²) >= 11 is 1.37. The standard InChI is InChI=1S/C15H21N3OS/c1-5-9(4)17-14(19)13-12(16)10-6-7-11(8(2)3)18-15(10)20-13/h6-9H,5,16H2,1-4H3,(H,17,19). The third kappa shape index (κ3) is 2.77. The van der Waals surface area contributed by atoms with Crippen molar-refractivity contribution in [2.45, 2.75) is 46.1 Å². The van der Waals surface area contributed by atoms with Gasteiger partial charge in [0.1, 0.15) is 9.71 Å². The van der Waals surface area contributed by atoms with E-state index in [0.717, 1.165) is 22.3 Å². The van der Waals surface area contributed by atoms with Gasteiger partial charge in [-0.3, -0.25) is 4.79 Å². The van der Waals surface area contributed by atoms with Crippen molar-refractivity contribution in [2.75, 3.05) is 5.73 Å². The van der Waals surface area contributed by atoms with Crippen LogP contribution in [-0.4, -0.2) is 16.9 Å². The molecular formula is C15H21N3OS. The first-order valence-electron chi connectivity index (χ1n) is 6.93. The molecule has 0 aliphatic carbocycles. The summed E-state index contributed by atoms with van der Waals surface area (Å²) in [7, 11) is 0. The molecule has 2 aromatic heterocycles. The first-order valence-corrected chi connectivity index (χ1v) is 7.75. The lowest BCUT2D eigenvalue weighted by atomic mass is 10.1. The maximum atomic E-state index is 12.2. The quantitative estimate of drug-likeness (QED) is 0.905. The van der Waals surface area contributed by atoms with Crippen LogP contribution in [0.1, 0.15) is 55.4 Å². The monoisotopic (exact) mass is 291 g/mol. The molecule has 1 amide bonds. The molecule has 0 fully saturated rings. The van der Waals surface area contributed by atoms with Crippen LogP contribution in [0.3, 0.4) is 0 Å². The van der Waals surface area contributed by atoms with Gasteiger partial charge in [-0.2, -0.15) is 0 Å². The molecule has 1 atom stereocenters. The van der Waals surface area contributed by atoms with Gasteiger partial charge in [-0.15, -0.1) is 11.3 Å². The summed E-state index contributed by atoms with van der Waals surface area (Å²) in [5.41, 5.74) is 7.65. The number of nitrogen functional groups attached to an aromatic ring is 1. The van der Waals surface area contributed by atoms with Crippen LogP contribution in [0.4, 0.5) is 5.69 Å². The first kappa shape index (κ1) is 14.8. The third-order valence-electron chi connectivity index (χ3n) is 3.40. The van der Waals surface area contributed by atoms with Crippen molar-refractivity contribution in [3.8, 4) is 0 Å². The Morgan fingerprint density at radius 1 is 1.40 bits per heavy atom. The molecule has 3 N–H and O–H groups in total. The Kier molecular flexibility index (Phi) is 4.28. The van der Waals surface area contributed by atoms with Crippen LogP contribution >= 0.6 is 11.3 Å². The maximum absolute atomic E-state index is 12.2. The van der Waals surface area contributed by atoms with Gasteiger partial charge in [0, 0.05) is 17.1 Å². The second-order valence-electron chi connectivity index (χ2n) is 5.37. The Hall–Kier alpha value is -1.62. The lowest BCUT2D eigenvalue weighted by Crippen LogP contribution is -2.31. The lowest BCUT2D eigenvalue weighted by molar-refractivity contribution is 0.0944. The zero-order valence-electron chi connectivity index (χ0n) is 12.4. The van der Waals surface area contributed by atoms with E-state index < -0.39 is 0 Å². The number of hydrogen-bond acceptors (Lipinski definition) is 4. The smallest absolute Gasteiger partial charge is 0.263 e. The van der Waals surface area contributed by atoms with E-state index in [9.17, 15) is 4.79 Å². The largest absolute Gasteiger partial charge is 0.397 e. The van der Waals surface area contributed by atoms with Crippen molar-refractivity contribution in [2.24, 2.45) is 0 Å². The fourth-order valence-corrected chi connectivity index (χ4v) is 2.90. The number of carbonyl (C=O) groups is 1. The van der Waals surface area contributed by atoms with Gasteiger partial charge in [0.25, 0.3) is 5.91 Å². The second kappa shape index (κ2) is 5.79. The Morgan fingerprint density at radius 2 is 2.10 bits per heavy atom. The second-order valence-corrected chi connectivity index (χ2v) is 6.37. The summed E-state index contributed by atoms with van der Waals surface area (Å²) in [5, 5.41) is 3.82. The molecule has 0 saturated carbocycles. The number of amides is 1. The van der Waals surface area contributed by atoms with Gasteiger partial charge < -0.3 is 11.1 Å². The van der Waals surface area contributed by atoms with Crippen molar-refractivity contribution in [3.05, 3.63) is 22.7 Å². The molecule has 0 bridgehead atoms. The Labute approximate surface area is 123 Å². The van der Waals surface area contributed by atoms with Gasteiger partial charge in [-0.1, -0.05) is 20.8 Å². The number of thiophene rings is 1. The van der Waals surface area contributed by atoms with E-state index in [0.29, 0.717) is 16.5 Å². The Morgan fingerprint density at radius 3 is 2.70 bits per heavy atom. The molecule has 0 spiro atoms. The molecule has 0 saturated heterocycles. The molecule has 20 heavy (non-hydrogen) atoms. The number of nitrogens with one attached hydrogen (secondary N) is 1. The third-order valence-corrected chi connectivity index (χ3v) is 4.52. The SMILES string of the molecule is CCC(C)NC(=O)c1sc2nc(C(C)C)ccc2c1N. The van der Waals surface area contributed by atoms with Crippen LogP contribution in [0.5, 0.6) is 0 Å². The number of anilines is 1. The van der Waals surface area contributed by atoms with Crippen molar-refractivity contribution < 1.29 is 4.79 Å². The maximum Gasteiger partial charge on any atom is 0.263 e. The van der Waals surface area contributed by atoms with Crippen LogP contribution in [0.2, 0.25) is 0 Å². The summed E-state index contributed by atoms with van der Waals surface area (Å²) < 4.78 is 0. The van der Waals surface area contributed by atoms with Crippen LogP contribution in [-0.2, 0) is 0 Å². The molecule has 4 nitrogen and oxygen atoms in total. The molecule has 2 heterocycles. The molecule has 108 valence electrons. The first-order chi connectivity index (χ1) is 9.43. The highest BCUT2D eigenvalue weighted by atomic mass is 32.1. The van der Waals surface area contributed by atoms with Crippen LogP contribution in [0.15, 0.2) is 12.1 Å². The fourth-order valence-electron chi connectivity index (χ4n) is 1.89. The minimum atomic E-state index is -0.106. The van der Waals surface area contributed by atoms with E-state index in [2.05, 4.69) is 24.1 Å². The number of fused-ring (bicyclic) bond motifs is 1.